The maximum Gasteiger partial charge on any atom is 0.408 e. The molecule has 6 heteroatoms. The second-order valence-corrected chi connectivity index (χ2v) is 7.69. The number of hydrogen-bond donors (Lipinski definition) is 2. The van der Waals surface area contributed by atoms with Crippen LogP contribution in [0.5, 0.6) is 0 Å². The van der Waals surface area contributed by atoms with Crippen LogP contribution in [-0.4, -0.2) is 30.4 Å². The summed E-state index contributed by atoms with van der Waals surface area (Å²) in [6.45, 7) is 4.08. The maximum atomic E-state index is 12.9. The molecule has 0 bridgehead atoms. The van der Waals surface area contributed by atoms with Crippen LogP contribution in [0.25, 0.3) is 0 Å². The molecule has 6 nitrogen and oxygen atoms in total. The molecular formula is C24H30N2O4. The fraction of sp³-hybridized carbons (Fsp3) is 0.375. The number of aldehydes is 1. The summed E-state index contributed by atoms with van der Waals surface area (Å²) in [7, 11) is 0. The van der Waals surface area contributed by atoms with Gasteiger partial charge in [-0.2, -0.15) is 0 Å². The third-order valence-corrected chi connectivity index (χ3v) is 4.58. The zero-order chi connectivity index (χ0) is 21.8. The highest BCUT2D eigenvalue weighted by atomic mass is 16.5. The molecule has 0 aliphatic carbocycles. The van der Waals surface area contributed by atoms with Crippen molar-refractivity contribution in [1.29, 1.82) is 0 Å². The summed E-state index contributed by atoms with van der Waals surface area (Å²) in [6, 6.07) is 17.9. The van der Waals surface area contributed by atoms with E-state index in [2.05, 4.69) is 10.6 Å². The van der Waals surface area contributed by atoms with E-state index in [0.717, 1.165) is 17.4 Å². The van der Waals surface area contributed by atoms with Gasteiger partial charge in [0.2, 0.25) is 5.91 Å². The zero-order valence-corrected chi connectivity index (χ0v) is 17.5. The molecule has 30 heavy (non-hydrogen) atoms. The molecule has 2 aromatic carbocycles. The van der Waals surface area contributed by atoms with Crippen molar-refractivity contribution in [3.05, 3.63) is 71.8 Å². The van der Waals surface area contributed by atoms with Gasteiger partial charge in [-0.3, -0.25) is 4.79 Å². The molecule has 2 aromatic rings. The summed E-state index contributed by atoms with van der Waals surface area (Å²) in [6.07, 6.45) is 1.36. The third kappa shape index (κ3) is 8.47. The van der Waals surface area contributed by atoms with Gasteiger partial charge in [0, 0.05) is 12.5 Å². The normalized spacial score (nSPS) is 12.6. The van der Waals surface area contributed by atoms with Gasteiger partial charge in [-0.15, -0.1) is 0 Å². The molecule has 160 valence electrons. The predicted octanol–water partition coefficient (Wildman–Crippen LogP) is 3.64. The Balaban J connectivity index is 1.96. The monoisotopic (exact) mass is 410 g/mol. The van der Waals surface area contributed by atoms with Crippen LogP contribution in [0.1, 0.15) is 37.8 Å². The molecule has 0 heterocycles. The number of carbonyl (C=O) groups is 3. The first-order chi connectivity index (χ1) is 14.5. The topological polar surface area (TPSA) is 84.5 Å². The highest BCUT2D eigenvalue weighted by molar-refractivity contribution is 5.86. The lowest BCUT2D eigenvalue weighted by molar-refractivity contribution is -0.124. The molecule has 0 spiro atoms. The molecule has 0 unspecified atom stereocenters. The SMILES string of the molecule is CC(C)C[C@H](NC(=O)OCc1ccccc1)C(=O)N[C@H](CC=O)Cc1ccccc1. The third-order valence-electron chi connectivity index (χ3n) is 4.58. The minimum atomic E-state index is -0.738. The Morgan fingerprint density at radius 3 is 2.10 bits per heavy atom. The second kappa shape index (κ2) is 12.4. The zero-order valence-electron chi connectivity index (χ0n) is 17.5. The van der Waals surface area contributed by atoms with Crippen molar-refractivity contribution in [3.63, 3.8) is 0 Å². The van der Waals surface area contributed by atoms with Gasteiger partial charge in [0.15, 0.2) is 0 Å². The Morgan fingerprint density at radius 2 is 1.53 bits per heavy atom. The summed E-state index contributed by atoms with van der Waals surface area (Å²) < 4.78 is 5.25. The number of hydrogen-bond acceptors (Lipinski definition) is 4. The lowest BCUT2D eigenvalue weighted by Gasteiger charge is -2.23. The van der Waals surface area contributed by atoms with Gasteiger partial charge >= 0.3 is 6.09 Å². The first kappa shape index (κ1) is 23.1. The fourth-order valence-electron chi connectivity index (χ4n) is 3.12. The Morgan fingerprint density at radius 1 is 0.933 bits per heavy atom. The molecule has 0 saturated carbocycles. The molecule has 0 aromatic heterocycles. The molecule has 2 N–H and O–H groups in total. The number of amides is 2. The summed E-state index contributed by atoms with van der Waals surface area (Å²) >= 11 is 0. The summed E-state index contributed by atoms with van der Waals surface area (Å²) in [5, 5.41) is 5.58. The first-order valence-corrected chi connectivity index (χ1v) is 10.2. The minimum Gasteiger partial charge on any atom is -0.445 e. The Hall–Kier alpha value is -3.15. The molecule has 2 rings (SSSR count). The van der Waals surface area contributed by atoms with E-state index in [1.54, 1.807) is 0 Å². The van der Waals surface area contributed by atoms with Crippen LogP contribution >= 0.6 is 0 Å². The fourth-order valence-corrected chi connectivity index (χ4v) is 3.12. The molecule has 0 aliphatic rings. The van der Waals surface area contributed by atoms with Crippen molar-refractivity contribution in [2.75, 3.05) is 0 Å². The van der Waals surface area contributed by atoms with Crippen LogP contribution < -0.4 is 10.6 Å². The van der Waals surface area contributed by atoms with Gasteiger partial charge < -0.3 is 20.2 Å². The van der Waals surface area contributed by atoms with Gasteiger partial charge in [0.1, 0.15) is 18.9 Å². The lowest BCUT2D eigenvalue weighted by atomic mass is 10.0. The van der Waals surface area contributed by atoms with E-state index in [0.29, 0.717) is 12.8 Å². The van der Waals surface area contributed by atoms with Gasteiger partial charge in [0.05, 0.1) is 0 Å². The van der Waals surface area contributed by atoms with Gasteiger partial charge in [-0.25, -0.2) is 4.79 Å². The molecule has 0 fully saturated rings. The van der Waals surface area contributed by atoms with Crippen molar-refractivity contribution in [2.24, 2.45) is 5.92 Å². The van der Waals surface area contributed by atoms with Crippen LogP contribution in [0.15, 0.2) is 60.7 Å². The molecular weight excluding hydrogens is 380 g/mol. The largest absolute Gasteiger partial charge is 0.445 e. The minimum absolute atomic E-state index is 0.129. The van der Waals surface area contributed by atoms with E-state index in [-0.39, 0.29) is 30.9 Å². The van der Waals surface area contributed by atoms with Crippen molar-refractivity contribution in [3.8, 4) is 0 Å². The van der Waals surface area contributed by atoms with E-state index in [1.165, 1.54) is 0 Å². The Bertz CT molecular complexity index is 793. The van der Waals surface area contributed by atoms with Crippen molar-refractivity contribution < 1.29 is 19.1 Å². The Labute approximate surface area is 178 Å². The van der Waals surface area contributed by atoms with Gasteiger partial charge in [0.25, 0.3) is 0 Å². The quantitative estimate of drug-likeness (QED) is 0.554. The van der Waals surface area contributed by atoms with E-state index in [1.807, 2.05) is 74.5 Å². The standard InChI is InChI=1S/C24H30N2O4/c1-18(2)15-22(26-24(29)30-17-20-11-7-4-8-12-20)23(28)25-21(13-14-27)16-19-9-5-3-6-10-19/h3-12,14,18,21-22H,13,15-17H2,1-2H3,(H,25,28)(H,26,29)/t21-,22+/m1/s1. The van der Waals surface area contributed by atoms with Crippen molar-refractivity contribution in [1.82, 2.24) is 10.6 Å². The van der Waals surface area contributed by atoms with E-state index < -0.39 is 12.1 Å². The molecule has 0 saturated heterocycles. The summed E-state index contributed by atoms with van der Waals surface area (Å²) in [5.74, 6) is -0.128. The number of nitrogens with one attached hydrogen (secondary N) is 2. The van der Waals surface area contributed by atoms with Gasteiger partial charge in [-0.1, -0.05) is 74.5 Å². The molecule has 0 radical (unpaired) electrons. The smallest absolute Gasteiger partial charge is 0.408 e. The molecule has 2 atom stereocenters. The highest BCUT2D eigenvalue weighted by Crippen LogP contribution is 2.09. The van der Waals surface area contributed by atoms with Gasteiger partial charge in [-0.05, 0) is 29.9 Å². The summed E-state index contributed by atoms with van der Waals surface area (Å²) in [5.41, 5.74) is 1.90. The van der Waals surface area contributed by atoms with E-state index in [4.69, 9.17) is 4.74 Å². The number of ether oxygens (including phenoxy) is 1. The van der Waals surface area contributed by atoms with Crippen LogP contribution in [-0.2, 0) is 27.4 Å². The van der Waals surface area contributed by atoms with Crippen LogP contribution in [0, 0.1) is 5.92 Å². The van der Waals surface area contributed by atoms with Crippen LogP contribution in [0.2, 0.25) is 0 Å². The highest BCUT2D eigenvalue weighted by Gasteiger charge is 2.25. The number of rotatable bonds is 11. The van der Waals surface area contributed by atoms with Crippen LogP contribution in [0.4, 0.5) is 4.79 Å². The molecule has 0 aliphatic heterocycles. The maximum absolute atomic E-state index is 12.9. The number of alkyl carbamates (subject to hydrolysis) is 1. The average molecular weight is 411 g/mol. The van der Waals surface area contributed by atoms with Crippen LogP contribution in [0.3, 0.4) is 0 Å². The molecule has 2 amide bonds. The van der Waals surface area contributed by atoms with Crippen molar-refractivity contribution >= 4 is 18.3 Å². The second-order valence-electron chi connectivity index (χ2n) is 7.69. The predicted molar refractivity (Wildman–Crippen MR) is 116 cm³/mol. The summed E-state index contributed by atoms with van der Waals surface area (Å²) in [4.78, 5) is 36.2. The average Bonchev–Trinajstić information content (AvgIpc) is 2.73. The van der Waals surface area contributed by atoms with E-state index >= 15 is 0 Å². The number of benzene rings is 2. The number of carbonyl (C=O) groups excluding carboxylic acids is 3. The first-order valence-electron chi connectivity index (χ1n) is 10.2. The lowest BCUT2D eigenvalue weighted by Crippen LogP contribution is -2.50. The Kier molecular flexibility index (Phi) is 9.58. The van der Waals surface area contributed by atoms with E-state index in [9.17, 15) is 14.4 Å². The van der Waals surface area contributed by atoms with Crippen molar-refractivity contribution in [2.45, 2.75) is 51.8 Å².